The second-order valence-electron chi connectivity index (χ2n) is 7.97. The standard InChI is InChI=1S/C27H25N3/c1-4-8-21-16-24(29-17-28-21)20-13-14-26-23(15-20)22-11-5-6-12-25(22)30(26)27-18(2)9-7-10-19(27)3/h5-7,9-17H,4,8H2,1-3H3. The van der Waals surface area contributed by atoms with E-state index in [1.54, 1.807) is 6.33 Å². The third-order valence-corrected chi connectivity index (χ3v) is 5.86. The molecule has 0 aliphatic carbocycles. The maximum Gasteiger partial charge on any atom is 0.116 e. The first kappa shape index (κ1) is 18.6. The van der Waals surface area contributed by atoms with Crippen LogP contribution in [0.3, 0.4) is 0 Å². The molecule has 30 heavy (non-hydrogen) atoms. The lowest BCUT2D eigenvalue weighted by atomic mass is 10.1. The zero-order valence-corrected chi connectivity index (χ0v) is 17.7. The van der Waals surface area contributed by atoms with Crippen LogP contribution >= 0.6 is 0 Å². The van der Waals surface area contributed by atoms with E-state index in [2.05, 4.69) is 102 Å². The second kappa shape index (κ2) is 7.42. The van der Waals surface area contributed by atoms with E-state index in [4.69, 9.17) is 0 Å². The maximum atomic E-state index is 4.55. The lowest BCUT2D eigenvalue weighted by Crippen LogP contribution is -1.99. The molecule has 5 aromatic rings. The van der Waals surface area contributed by atoms with Crippen LogP contribution in [0.2, 0.25) is 0 Å². The fourth-order valence-electron chi connectivity index (χ4n) is 4.48. The Bertz CT molecular complexity index is 1360. The number of rotatable bonds is 4. The predicted octanol–water partition coefficient (Wildman–Crippen LogP) is 6.81. The van der Waals surface area contributed by atoms with Crippen molar-refractivity contribution < 1.29 is 0 Å². The van der Waals surface area contributed by atoms with E-state index in [1.807, 2.05) is 0 Å². The number of hydrogen-bond donors (Lipinski definition) is 0. The number of fused-ring (bicyclic) bond motifs is 3. The summed E-state index contributed by atoms with van der Waals surface area (Å²) in [6.45, 7) is 6.55. The molecule has 0 radical (unpaired) electrons. The van der Waals surface area contributed by atoms with Crippen LogP contribution in [-0.4, -0.2) is 14.5 Å². The van der Waals surface area contributed by atoms with Crippen molar-refractivity contribution in [3.8, 4) is 16.9 Å². The molecule has 0 aliphatic rings. The highest BCUT2D eigenvalue weighted by Crippen LogP contribution is 2.36. The topological polar surface area (TPSA) is 30.7 Å². The van der Waals surface area contributed by atoms with Gasteiger partial charge in [0.15, 0.2) is 0 Å². The Morgan fingerprint density at radius 2 is 1.53 bits per heavy atom. The van der Waals surface area contributed by atoms with E-state index in [9.17, 15) is 0 Å². The molecular formula is C27H25N3. The first-order chi connectivity index (χ1) is 14.7. The van der Waals surface area contributed by atoms with Crippen LogP contribution in [0.4, 0.5) is 0 Å². The zero-order valence-electron chi connectivity index (χ0n) is 17.7. The molecular weight excluding hydrogens is 366 g/mol. The molecule has 3 aromatic carbocycles. The van der Waals surface area contributed by atoms with Crippen molar-refractivity contribution in [2.24, 2.45) is 0 Å². The van der Waals surface area contributed by atoms with E-state index in [1.165, 1.54) is 38.6 Å². The van der Waals surface area contributed by atoms with Crippen LogP contribution in [0.15, 0.2) is 73.1 Å². The molecule has 3 heteroatoms. The van der Waals surface area contributed by atoms with Crippen LogP contribution in [0.5, 0.6) is 0 Å². The van der Waals surface area contributed by atoms with E-state index in [0.29, 0.717) is 0 Å². The third kappa shape index (κ3) is 2.98. The Morgan fingerprint density at radius 1 is 0.767 bits per heavy atom. The molecule has 0 aliphatic heterocycles. The fraction of sp³-hybridized carbons (Fsp3) is 0.185. The Hall–Kier alpha value is -3.46. The normalized spacial score (nSPS) is 11.4. The Kier molecular flexibility index (Phi) is 4.59. The summed E-state index contributed by atoms with van der Waals surface area (Å²) in [4.78, 5) is 8.97. The van der Waals surface area contributed by atoms with Gasteiger partial charge in [-0.3, -0.25) is 0 Å². The average Bonchev–Trinajstić information content (AvgIpc) is 3.08. The summed E-state index contributed by atoms with van der Waals surface area (Å²) < 4.78 is 2.40. The monoisotopic (exact) mass is 391 g/mol. The Labute approximate surface area is 177 Å². The van der Waals surface area contributed by atoms with Crippen LogP contribution in [0.25, 0.3) is 38.8 Å². The summed E-state index contributed by atoms with van der Waals surface area (Å²) in [5.41, 5.74) is 9.50. The van der Waals surface area contributed by atoms with Gasteiger partial charge in [-0.05, 0) is 55.7 Å². The first-order valence-electron chi connectivity index (χ1n) is 10.6. The van der Waals surface area contributed by atoms with E-state index in [-0.39, 0.29) is 0 Å². The molecule has 0 N–H and O–H groups in total. The Balaban J connectivity index is 1.79. The molecule has 0 bridgehead atoms. The van der Waals surface area contributed by atoms with E-state index in [0.717, 1.165) is 29.8 Å². The average molecular weight is 392 g/mol. The minimum Gasteiger partial charge on any atom is -0.309 e. The quantitative estimate of drug-likeness (QED) is 0.337. The van der Waals surface area contributed by atoms with Gasteiger partial charge in [0.05, 0.1) is 22.4 Å². The fourth-order valence-corrected chi connectivity index (χ4v) is 4.48. The van der Waals surface area contributed by atoms with Crippen molar-refractivity contribution in [1.29, 1.82) is 0 Å². The van der Waals surface area contributed by atoms with Gasteiger partial charge in [-0.1, -0.05) is 55.8 Å². The minimum absolute atomic E-state index is 0.976. The first-order valence-corrected chi connectivity index (χ1v) is 10.6. The van der Waals surface area contributed by atoms with Gasteiger partial charge in [0.1, 0.15) is 6.33 Å². The van der Waals surface area contributed by atoms with Crippen LogP contribution < -0.4 is 0 Å². The summed E-state index contributed by atoms with van der Waals surface area (Å²) in [6, 6.07) is 24.0. The second-order valence-corrected chi connectivity index (χ2v) is 7.97. The molecule has 148 valence electrons. The molecule has 0 spiro atoms. The van der Waals surface area contributed by atoms with Gasteiger partial charge >= 0.3 is 0 Å². The molecule has 0 atom stereocenters. The number of aryl methyl sites for hydroxylation is 3. The predicted molar refractivity (Wildman–Crippen MR) is 125 cm³/mol. The maximum absolute atomic E-state index is 4.55. The number of nitrogens with zero attached hydrogens (tertiary/aromatic N) is 3. The number of hydrogen-bond acceptors (Lipinski definition) is 2. The van der Waals surface area contributed by atoms with Crippen LogP contribution in [0.1, 0.15) is 30.2 Å². The van der Waals surface area contributed by atoms with E-state index < -0.39 is 0 Å². The van der Waals surface area contributed by atoms with Crippen LogP contribution in [0, 0.1) is 13.8 Å². The van der Waals surface area contributed by atoms with Crippen molar-refractivity contribution in [1.82, 2.24) is 14.5 Å². The highest BCUT2D eigenvalue weighted by atomic mass is 15.0. The summed E-state index contributed by atoms with van der Waals surface area (Å²) in [6.07, 6.45) is 3.74. The summed E-state index contributed by atoms with van der Waals surface area (Å²) in [5, 5.41) is 2.52. The summed E-state index contributed by atoms with van der Waals surface area (Å²) >= 11 is 0. The molecule has 5 rings (SSSR count). The highest BCUT2D eigenvalue weighted by Gasteiger charge is 2.16. The van der Waals surface area contributed by atoms with Gasteiger partial charge in [-0.25, -0.2) is 9.97 Å². The Morgan fingerprint density at radius 3 is 2.33 bits per heavy atom. The SMILES string of the molecule is CCCc1cc(-c2ccc3c(c2)c2ccccc2n3-c2c(C)cccc2C)ncn1. The minimum atomic E-state index is 0.976. The molecule has 0 unspecified atom stereocenters. The van der Waals surface area contributed by atoms with Gasteiger partial charge in [-0.2, -0.15) is 0 Å². The van der Waals surface area contributed by atoms with Gasteiger partial charge in [0.2, 0.25) is 0 Å². The smallest absolute Gasteiger partial charge is 0.116 e. The molecule has 2 heterocycles. The highest BCUT2D eigenvalue weighted by molar-refractivity contribution is 6.10. The summed E-state index contributed by atoms with van der Waals surface area (Å²) in [5.74, 6) is 0. The summed E-state index contributed by atoms with van der Waals surface area (Å²) in [7, 11) is 0. The van der Waals surface area contributed by atoms with Crippen molar-refractivity contribution in [3.63, 3.8) is 0 Å². The van der Waals surface area contributed by atoms with Crippen molar-refractivity contribution in [2.45, 2.75) is 33.6 Å². The van der Waals surface area contributed by atoms with Crippen LogP contribution in [-0.2, 0) is 6.42 Å². The number of para-hydroxylation sites is 2. The molecule has 0 saturated carbocycles. The molecule has 3 nitrogen and oxygen atoms in total. The molecule has 0 saturated heterocycles. The van der Waals surface area contributed by atoms with Crippen molar-refractivity contribution in [2.75, 3.05) is 0 Å². The van der Waals surface area contributed by atoms with Gasteiger partial charge in [-0.15, -0.1) is 0 Å². The molecule has 2 aromatic heterocycles. The third-order valence-electron chi connectivity index (χ3n) is 5.86. The van der Waals surface area contributed by atoms with Crippen molar-refractivity contribution >= 4 is 21.8 Å². The van der Waals surface area contributed by atoms with Crippen molar-refractivity contribution in [3.05, 3.63) is 89.9 Å². The largest absolute Gasteiger partial charge is 0.309 e. The number of aromatic nitrogens is 3. The van der Waals surface area contributed by atoms with E-state index >= 15 is 0 Å². The molecule has 0 amide bonds. The lowest BCUT2D eigenvalue weighted by Gasteiger charge is -2.14. The van der Waals surface area contributed by atoms with Gasteiger partial charge in [0.25, 0.3) is 0 Å². The lowest BCUT2D eigenvalue weighted by molar-refractivity contribution is 0.873. The molecule has 0 fully saturated rings. The number of benzene rings is 3. The zero-order chi connectivity index (χ0) is 20.7. The van der Waals surface area contributed by atoms with Gasteiger partial charge < -0.3 is 4.57 Å². The van der Waals surface area contributed by atoms with Gasteiger partial charge in [0, 0.05) is 22.0 Å².